The predicted octanol–water partition coefficient (Wildman–Crippen LogP) is 3.96. The van der Waals surface area contributed by atoms with Gasteiger partial charge < -0.3 is 14.6 Å². The number of nitrogens with zero attached hydrogens (tertiary/aromatic N) is 1. The zero-order chi connectivity index (χ0) is 21.0. The molecule has 0 atom stereocenters. The van der Waals surface area contributed by atoms with Gasteiger partial charge in [0.15, 0.2) is 18.1 Å². The van der Waals surface area contributed by atoms with Crippen molar-refractivity contribution >= 4 is 40.6 Å². The van der Waals surface area contributed by atoms with Crippen LogP contribution in [0.3, 0.4) is 0 Å². The highest BCUT2D eigenvalue weighted by Crippen LogP contribution is 2.38. The molecule has 0 aromatic heterocycles. The van der Waals surface area contributed by atoms with Gasteiger partial charge in [-0.25, -0.2) is 9.69 Å². The normalized spacial score (nSPS) is 15.1. The minimum atomic E-state index is -1.10. The number of para-hydroxylation sites is 1. The van der Waals surface area contributed by atoms with E-state index in [4.69, 9.17) is 14.6 Å². The van der Waals surface area contributed by atoms with E-state index in [0.717, 1.165) is 17.3 Å². The molecular weight excluding hydrogens is 394 g/mol. The lowest BCUT2D eigenvalue weighted by Crippen LogP contribution is -2.28. The number of carboxylic acids is 1. The summed E-state index contributed by atoms with van der Waals surface area (Å²) in [5.41, 5.74) is 2.13. The van der Waals surface area contributed by atoms with Gasteiger partial charge in [-0.15, -0.1) is 0 Å². The molecule has 1 saturated heterocycles. The lowest BCUT2D eigenvalue weighted by Gasteiger charge is -2.16. The van der Waals surface area contributed by atoms with Crippen molar-refractivity contribution in [3.05, 3.63) is 58.5 Å². The van der Waals surface area contributed by atoms with Gasteiger partial charge in [0, 0.05) is 0 Å². The van der Waals surface area contributed by atoms with E-state index in [1.807, 2.05) is 19.1 Å². The number of anilines is 1. The van der Waals surface area contributed by atoms with Gasteiger partial charge in [-0.05, 0) is 53.6 Å². The van der Waals surface area contributed by atoms with Gasteiger partial charge in [0.25, 0.3) is 11.1 Å². The van der Waals surface area contributed by atoms with Crippen molar-refractivity contribution in [3.63, 3.8) is 0 Å². The van der Waals surface area contributed by atoms with Gasteiger partial charge in [0.2, 0.25) is 0 Å². The Morgan fingerprint density at radius 2 is 1.93 bits per heavy atom. The Morgan fingerprint density at radius 3 is 2.62 bits per heavy atom. The summed E-state index contributed by atoms with van der Waals surface area (Å²) in [5.74, 6) is -0.879. The summed E-state index contributed by atoms with van der Waals surface area (Å²) in [6, 6.07) is 12.2. The van der Waals surface area contributed by atoms with Crippen molar-refractivity contribution in [1.82, 2.24) is 0 Å². The highest BCUT2D eigenvalue weighted by molar-refractivity contribution is 8.19. The van der Waals surface area contributed by atoms with E-state index in [9.17, 15) is 14.4 Å². The maximum Gasteiger partial charge on any atom is 0.341 e. The number of imide groups is 1. The van der Waals surface area contributed by atoms with Gasteiger partial charge in [0.1, 0.15) is 0 Å². The zero-order valence-electron chi connectivity index (χ0n) is 15.9. The summed E-state index contributed by atoms with van der Waals surface area (Å²) in [6.45, 7) is 1.47. The molecule has 0 bridgehead atoms. The fourth-order valence-corrected chi connectivity index (χ4v) is 3.72. The highest BCUT2D eigenvalue weighted by atomic mass is 32.2. The molecule has 2 aromatic rings. The number of ether oxygens (including phenoxy) is 2. The molecule has 0 radical (unpaired) electrons. The van der Waals surface area contributed by atoms with Crippen LogP contribution >= 0.6 is 11.8 Å². The maximum absolute atomic E-state index is 12.9. The summed E-state index contributed by atoms with van der Waals surface area (Å²) >= 11 is 0.871. The Morgan fingerprint density at radius 1 is 1.17 bits per heavy atom. The molecule has 2 amide bonds. The third-order valence-corrected chi connectivity index (χ3v) is 5.11. The molecule has 1 heterocycles. The quantitative estimate of drug-likeness (QED) is 0.687. The van der Waals surface area contributed by atoms with E-state index in [1.54, 1.807) is 36.4 Å². The van der Waals surface area contributed by atoms with Crippen LogP contribution in [0.4, 0.5) is 10.5 Å². The average molecular weight is 413 g/mol. The number of rotatable bonds is 7. The molecule has 0 spiro atoms. The van der Waals surface area contributed by atoms with Crippen LogP contribution in [0.15, 0.2) is 47.4 Å². The van der Waals surface area contributed by atoms with Gasteiger partial charge >= 0.3 is 5.97 Å². The number of methoxy groups -OCH3 is 1. The van der Waals surface area contributed by atoms with Crippen LogP contribution in [0.25, 0.3) is 6.08 Å². The third-order valence-electron chi connectivity index (χ3n) is 4.24. The Labute approximate surface area is 171 Å². The number of carbonyl (C=O) groups excluding carboxylic acids is 2. The number of aliphatic carboxylic acids is 1. The standard InChI is InChI=1S/C21H19NO6S/c1-3-14-6-4-5-7-15(14)22-20(25)18(29-21(22)26)11-13-8-9-16(17(10-13)27-2)28-12-19(23)24/h4-11H,3,12H2,1-2H3,(H,23,24)/b18-11+. The summed E-state index contributed by atoms with van der Waals surface area (Å²) < 4.78 is 10.4. The molecule has 29 heavy (non-hydrogen) atoms. The summed E-state index contributed by atoms with van der Waals surface area (Å²) in [4.78, 5) is 37.6. The van der Waals surface area contributed by atoms with Crippen LogP contribution in [0, 0.1) is 0 Å². The van der Waals surface area contributed by atoms with E-state index in [-0.39, 0.29) is 16.9 Å². The first-order chi connectivity index (χ1) is 13.9. The number of thioether (sulfide) groups is 1. The minimum Gasteiger partial charge on any atom is -0.493 e. The molecular formula is C21H19NO6S. The largest absolute Gasteiger partial charge is 0.493 e. The maximum atomic E-state index is 12.9. The van der Waals surface area contributed by atoms with Gasteiger partial charge in [-0.1, -0.05) is 31.2 Å². The fourth-order valence-electron chi connectivity index (χ4n) is 2.89. The topological polar surface area (TPSA) is 93.1 Å². The lowest BCUT2D eigenvalue weighted by molar-refractivity contribution is -0.139. The number of benzene rings is 2. The van der Waals surface area contributed by atoms with E-state index in [0.29, 0.717) is 28.3 Å². The van der Waals surface area contributed by atoms with Crippen molar-refractivity contribution in [1.29, 1.82) is 0 Å². The Hall–Kier alpha value is -3.26. The number of amides is 2. The molecule has 150 valence electrons. The van der Waals surface area contributed by atoms with Crippen molar-refractivity contribution in [2.75, 3.05) is 18.6 Å². The second kappa shape index (κ2) is 8.83. The summed E-state index contributed by atoms with van der Waals surface area (Å²) in [6.07, 6.45) is 2.30. The molecule has 1 fully saturated rings. The molecule has 2 aromatic carbocycles. The number of carbonyl (C=O) groups is 3. The van der Waals surface area contributed by atoms with Crippen molar-refractivity contribution in [2.45, 2.75) is 13.3 Å². The van der Waals surface area contributed by atoms with Crippen LogP contribution in [-0.4, -0.2) is 35.9 Å². The molecule has 0 saturated carbocycles. The SMILES string of the molecule is CCc1ccccc1N1C(=O)S/C(=C/c2ccc(OCC(=O)O)c(OC)c2)C1=O. The third kappa shape index (κ3) is 4.43. The predicted molar refractivity (Wildman–Crippen MR) is 110 cm³/mol. The first-order valence-electron chi connectivity index (χ1n) is 8.83. The monoisotopic (exact) mass is 413 g/mol. The minimum absolute atomic E-state index is 0.275. The first-order valence-corrected chi connectivity index (χ1v) is 9.64. The van der Waals surface area contributed by atoms with Crippen LogP contribution in [0.1, 0.15) is 18.1 Å². The van der Waals surface area contributed by atoms with Gasteiger partial charge in [-0.2, -0.15) is 0 Å². The lowest BCUT2D eigenvalue weighted by atomic mass is 10.1. The van der Waals surface area contributed by atoms with E-state index in [1.165, 1.54) is 12.0 Å². The Kier molecular flexibility index (Phi) is 6.23. The summed E-state index contributed by atoms with van der Waals surface area (Å²) in [5, 5.41) is 8.39. The van der Waals surface area contributed by atoms with Crippen molar-refractivity contribution in [3.8, 4) is 11.5 Å². The van der Waals surface area contributed by atoms with Gasteiger partial charge in [0.05, 0.1) is 17.7 Å². The van der Waals surface area contributed by atoms with Crippen LogP contribution in [-0.2, 0) is 16.0 Å². The highest BCUT2D eigenvalue weighted by Gasteiger charge is 2.37. The van der Waals surface area contributed by atoms with Crippen molar-refractivity contribution in [2.24, 2.45) is 0 Å². The molecule has 0 aliphatic carbocycles. The Bertz CT molecular complexity index is 1000. The Balaban J connectivity index is 1.88. The second-order valence-electron chi connectivity index (χ2n) is 6.09. The van der Waals surface area contributed by atoms with E-state index < -0.39 is 12.6 Å². The first kappa shape index (κ1) is 20.5. The molecule has 1 N–H and O–H groups in total. The average Bonchev–Trinajstić information content (AvgIpc) is 2.99. The number of hydrogen-bond acceptors (Lipinski definition) is 6. The van der Waals surface area contributed by atoms with Crippen molar-refractivity contribution < 1.29 is 29.0 Å². The zero-order valence-corrected chi connectivity index (χ0v) is 16.7. The molecule has 0 unspecified atom stereocenters. The number of hydrogen-bond donors (Lipinski definition) is 1. The van der Waals surface area contributed by atoms with Crippen LogP contribution in [0.5, 0.6) is 11.5 Å². The second-order valence-corrected chi connectivity index (χ2v) is 7.09. The molecule has 7 nitrogen and oxygen atoms in total. The molecule has 8 heteroatoms. The fraction of sp³-hybridized carbons (Fsp3) is 0.190. The number of aryl methyl sites for hydroxylation is 1. The molecule has 1 aliphatic heterocycles. The molecule has 3 rings (SSSR count). The van der Waals surface area contributed by atoms with Crippen LogP contribution < -0.4 is 14.4 Å². The van der Waals surface area contributed by atoms with E-state index in [2.05, 4.69) is 0 Å². The molecule has 1 aliphatic rings. The van der Waals surface area contributed by atoms with Crippen LogP contribution in [0.2, 0.25) is 0 Å². The smallest absolute Gasteiger partial charge is 0.341 e. The van der Waals surface area contributed by atoms with E-state index >= 15 is 0 Å². The summed E-state index contributed by atoms with van der Waals surface area (Å²) in [7, 11) is 1.43. The van der Waals surface area contributed by atoms with Gasteiger partial charge in [-0.3, -0.25) is 9.59 Å². The number of carboxylic acid groups (broad SMARTS) is 1.